The molecule has 3 rings (SSSR count). The first kappa shape index (κ1) is 14.9. The van der Waals surface area contributed by atoms with Crippen LogP contribution in [0.25, 0.3) is 4.96 Å². The van der Waals surface area contributed by atoms with Gasteiger partial charge in [-0.3, -0.25) is 4.79 Å². The lowest BCUT2D eigenvalue weighted by Gasteiger charge is -2.04. The lowest BCUT2D eigenvalue weighted by atomic mass is 10.2. The SMILES string of the molecule is CC(C)c1nnc2sc(C(=O)NCc3ccccc3Cl)nn12. The van der Waals surface area contributed by atoms with Gasteiger partial charge in [0.25, 0.3) is 5.91 Å². The van der Waals surface area contributed by atoms with Gasteiger partial charge in [0, 0.05) is 17.5 Å². The van der Waals surface area contributed by atoms with Gasteiger partial charge in [0.05, 0.1) is 0 Å². The fourth-order valence-electron chi connectivity index (χ4n) is 1.98. The normalized spacial score (nSPS) is 11.3. The molecule has 2 aromatic heterocycles. The Kier molecular flexibility index (Phi) is 4.08. The highest BCUT2D eigenvalue weighted by molar-refractivity contribution is 7.18. The Morgan fingerprint density at radius 1 is 1.36 bits per heavy atom. The number of nitrogens with one attached hydrogen (secondary N) is 1. The van der Waals surface area contributed by atoms with E-state index in [0.717, 1.165) is 11.4 Å². The Morgan fingerprint density at radius 3 is 2.86 bits per heavy atom. The molecule has 0 unspecified atom stereocenters. The number of nitrogens with zero attached hydrogens (tertiary/aromatic N) is 4. The van der Waals surface area contributed by atoms with E-state index in [9.17, 15) is 4.79 Å². The van der Waals surface area contributed by atoms with E-state index >= 15 is 0 Å². The Morgan fingerprint density at radius 2 is 2.14 bits per heavy atom. The number of rotatable bonds is 4. The molecule has 0 atom stereocenters. The van der Waals surface area contributed by atoms with Crippen LogP contribution in [0.4, 0.5) is 0 Å². The summed E-state index contributed by atoms with van der Waals surface area (Å²) in [7, 11) is 0. The summed E-state index contributed by atoms with van der Waals surface area (Å²) in [5.74, 6) is 0.692. The molecule has 0 aliphatic heterocycles. The molecule has 22 heavy (non-hydrogen) atoms. The zero-order valence-electron chi connectivity index (χ0n) is 12.1. The number of carbonyl (C=O) groups is 1. The van der Waals surface area contributed by atoms with E-state index in [2.05, 4.69) is 20.6 Å². The summed E-state index contributed by atoms with van der Waals surface area (Å²) < 4.78 is 1.62. The molecule has 1 amide bonds. The van der Waals surface area contributed by atoms with Gasteiger partial charge < -0.3 is 5.32 Å². The molecule has 6 nitrogen and oxygen atoms in total. The zero-order valence-corrected chi connectivity index (χ0v) is 13.6. The molecule has 0 radical (unpaired) electrons. The first-order valence-corrected chi connectivity index (χ1v) is 7.99. The van der Waals surface area contributed by atoms with Crippen LogP contribution in [-0.4, -0.2) is 25.7 Å². The van der Waals surface area contributed by atoms with E-state index < -0.39 is 0 Å². The topological polar surface area (TPSA) is 72.2 Å². The minimum absolute atomic E-state index is 0.191. The van der Waals surface area contributed by atoms with Gasteiger partial charge in [-0.05, 0) is 11.6 Å². The summed E-state index contributed by atoms with van der Waals surface area (Å²) in [6.07, 6.45) is 0. The molecule has 0 aliphatic carbocycles. The highest BCUT2D eigenvalue weighted by atomic mass is 35.5. The van der Waals surface area contributed by atoms with Crippen molar-refractivity contribution < 1.29 is 4.79 Å². The van der Waals surface area contributed by atoms with Crippen molar-refractivity contribution >= 4 is 33.8 Å². The van der Waals surface area contributed by atoms with E-state index in [4.69, 9.17) is 11.6 Å². The molecule has 0 aliphatic rings. The van der Waals surface area contributed by atoms with Crippen LogP contribution in [0.2, 0.25) is 5.02 Å². The number of hydrogen-bond acceptors (Lipinski definition) is 5. The zero-order chi connectivity index (χ0) is 15.7. The van der Waals surface area contributed by atoms with Gasteiger partial charge in [0.2, 0.25) is 9.97 Å². The third-order valence-electron chi connectivity index (χ3n) is 3.12. The van der Waals surface area contributed by atoms with Crippen molar-refractivity contribution in [2.45, 2.75) is 26.3 Å². The number of carbonyl (C=O) groups excluding carboxylic acids is 1. The predicted molar refractivity (Wildman–Crippen MR) is 85.4 cm³/mol. The molecule has 2 heterocycles. The van der Waals surface area contributed by atoms with Crippen molar-refractivity contribution in [2.24, 2.45) is 0 Å². The van der Waals surface area contributed by atoms with E-state index in [1.54, 1.807) is 10.6 Å². The minimum atomic E-state index is -0.245. The van der Waals surface area contributed by atoms with Gasteiger partial charge in [0.1, 0.15) is 0 Å². The van der Waals surface area contributed by atoms with Crippen LogP contribution in [0.15, 0.2) is 24.3 Å². The number of aromatic nitrogens is 4. The predicted octanol–water partition coefficient (Wildman–Crippen LogP) is 2.89. The molecule has 3 aromatic rings. The Balaban J connectivity index is 1.76. The van der Waals surface area contributed by atoms with Gasteiger partial charge in [-0.1, -0.05) is 55.0 Å². The molecule has 8 heteroatoms. The second kappa shape index (κ2) is 6.02. The summed E-state index contributed by atoms with van der Waals surface area (Å²) in [4.78, 5) is 12.8. The summed E-state index contributed by atoms with van der Waals surface area (Å²) >= 11 is 7.29. The standard InChI is InChI=1S/C14H14ClN5OS/c1-8(2)11-17-18-14-20(11)19-13(22-14)12(21)16-7-9-5-3-4-6-10(9)15/h3-6,8H,7H2,1-2H3,(H,16,21). The maximum Gasteiger partial charge on any atom is 0.282 e. The van der Waals surface area contributed by atoms with E-state index in [-0.39, 0.29) is 11.8 Å². The van der Waals surface area contributed by atoms with Gasteiger partial charge in [-0.2, -0.15) is 4.52 Å². The van der Waals surface area contributed by atoms with Gasteiger partial charge >= 0.3 is 0 Å². The van der Waals surface area contributed by atoms with Crippen LogP contribution in [0.1, 0.15) is 41.0 Å². The highest BCUT2D eigenvalue weighted by Crippen LogP contribution is 2.19. The second-order valence-corrected chi connectivity index (χ2v) is 6.45. The number of benzene rings is 1. The van der Waals surface area contributed by atoms with Crippen molar-refractivity contribution in [1.29, 1.82) is 0 Å². The molecule has 1 N–H and O–H groups in total. The summed E-state index contributed by atoms with van der Waals surface area (Å²) in [6, 6.07) is 7.40. The quantitative estimate of drug-likeness (QED) is 0.795. The largest absolute Gasteiger partial charge is 0.346 e. The van der Waals surface area contributed by atoms with Crippen LogP contribution in [-0.2, 0) is 6.54 Å². The van der Waals surface area contributed by atoms with Crippen molar-refractivity contribution in [3.05, 3.63) is 45.7 Å². The molecular weight excluding hydrogens is 322 g/mol. The number of halogens is 1. The fourth-order valence-corrected chi connectivity index (χ4v) is 2.94. The molecule has 0 fully saturated rings. The lowest BCUT2D eigenvalue weighted by Crippen LogP contribution is -2.23. The van der Waals surface area contributed by atoms with Crippen molar-refractivity contribution in [3.63, 3.8) is 0 Å². The maximum atomic E-state index is 12.2. The van der Waals surface area contributed by atoms with Crippen molar-refractivity contribution in [2.75, 3.05) is 0 Å². The minimum Gasteiger partial charge on any atom is -0.346 e. The fraction of sp³-hybridized carbons (Fsp3) is 0.286. The summed E-state index contributed by atoms with van der Waals surface area (Å²) in [6.45, 7) is 4.37. The van der Waals surface area contributed by atoms with E-state index in [1.165, 1.54) is 11.3 Å². The monoisotopic (exact) mass is 335 g/mol. The third-order valence-corrected chi connectivity index (χ3v) is 4.39. The van der Waals surface area contributed by atoms with Crippen LogP contribution >= 0.6 is 22.9 Å². The smallest absolute Gasteiger partial charge is 0.282 e. The number of hydrogen-bond donors (Lipinski definition) is 1. The van der Waals surface area contributed by atoms with Gasteiger partial charge in [-0.15, -0.1) is 15.3 Å². The third kappa shape index (κ3) is 2.82. The molecule has 0 saturated carbocycles. The molecule has 0 spiro atoms. The Hall–Kier alpha value is -1.99. The Labute approximate surface area is 136 Å². The number of amides is 1. The van der Waals surface area contributed by atoms with Crippen LogP contribution in [0.5, 0.6) is 0 Å². The second-order valence-electron chi connectivity index (χ2n) is 5.09. The van der Waals surface area contributed by atoms with Crippen molar-refractivity contribution in [1.82, 2.24) is 25.1 Å². The average Bonchev–Trinajstić information content (AvgIpc) is 3.05. The van der Waals surface area contributed by atoms with Crippen LogP contribution in [0, 0.1) is 0 Å². The maximum absolute atomic E-state index is 12.2. The van der Waals surface area contributed by atoms with E-state index in [1.807, 2.05) is 32.0 Å². The summed E-state index contributed by atoms with van der Waals surface area (Å²) in [5.41, 5.74) is 0.864. The molecule has 0 saturated heterocycles. The molecule has 0 bridgehead atoms. The molecule has 1 aromatic carbocycles. The highest BCUT2D eigenvalue weighted by Gasteiger charge is 2.18. The van der Waals surface area contributed by atoms with Gasteiger partial charge in [0.15, 0.2) is 5.82 Å². The average molecular weight is 336 g/mol. The van der Waals surface area contributed by atoms with Crippen LogP contribution in [0.3, 0.4) is 0 Å². The number of fused-ring (bicyclic) bond motifs is 1. The molecule has 114 valence electrons. The Bertz CT molecular complexity index is 826. The van der Waals surface area contributed by atoms with Gasteiger partial charge in [-0.25, -0.2) is 0 Å². The first-order chi connectivity index (χ1) is 10.6. The van der Waals surface area contributed by atoms with E-state index in [0.29, 0.717) is 21.5 Å². The lowest BCUT2D eigenvalue weighted by molar-refractivity contribution is 0.0949. The van der Waals surface area contributed by atoms with Crippen LogP contribution < -0.4 is 5.32 Å². The summed E-state index contributed by atoms with van der Waals surface area (Å²) in [5, 5.41) is 16.2. The van der Waals surface area contributed by atoms with Crippen molar-refractivity contribution in [3.8, 4) is 0 Å². The first-order valence-electron chi connectivity index (χ1n) is 6.80. The molecular formula is C14H14ClN5OS.